The highest BCUT2D eigenvalue weighted by atomic mass is 35.5. The number of ether oxygens (including phenoxy) is 1. The summed E-state index contributed by atoms with van der Waals surface area (Å²) < 4.78 is 7.63. The number of hydrogen-bond donors (Lipinski definition) is 2. The Bertz CT molecular complexity index is 1180. The summed E-state index contributed by atoms with van der Waals surface area (Å²) in [5.74, 6) is 1.12. The molecule has 0 amide bonds. The van der Waals surface area contributed by atoms with Crippen molar-refractivity contribution >= 4 is 34.1 Å². The fraction of sp³-hybridized carbons (Fsp3) is 0.429. The number of hydrogen-bond acceptors (Lipinski definition) is 7. The number of nitrogens with zero attached hydrogens (tertiary/aromatic N) is 6. The largest absolute Gasteiger partial charge is 0.497 e. The van der Waals surface area contributed by atoms with Crippen molar-refractivity contribution in [1.29, 1.82) is 0 Å². The second-order valence-corrected chi connectivity index (χ2v) is 8.11. The number of anilines is 1. The van der Waals surface area contributed by atoms with Gasteiger partial charge in [-0.3, -0.25) is 4.90 Å². The van der Waals surface area contributed by atoms with E-state index in [1.807, 2.05) is 13.8 Å². The fourth-order valence-electron chi connectivity index (χ4n) is 4.34. The van der Waals surface area contributed by atoms with Gasteiger partial charge in [-0.05, 0) is 19.9 Å². The Morgan fingerprint density at radius 2 is 2.16 bits per heavy atom. The zero-order chi connectivity index (χ0) is 22.3. The summed E-state index contributed by atoms with van der Waals surface area (Å²) >= 11 is 6.57. The molecular formula is C21H24ClN7O2. The van der Waals surface area contributed by atoms with Crippen LogP contribution < -0.4 is 10.5 Å². The van der Waals surface area contributed by atoms with E-state index in [0.717, 1.165) is 35.3 Å². The first-order valence-electron chi connectivity index (χ1n) is 9.97. The van der Waals surface area contributed by atoms with E-state index in [-0.39, 0.29) is 18.6 Å². The SMILES string of the molecule is [C-]#[N+]c1c(Cl)cc(C(C)n2nc(C)c3c(N)ncnc32)c(OC)c1C1CN(CCO)C1. The number of nitrogens with two attached hydrogens (primary N) is 1. The Balaban J connectivity index is 1.84. The molecule has 162 valence electrons. The molecule has 1 unspecified atom stereocenters. The van der Waals surface area contributed by atoms with Crippen molar-refractivity contribution in [1.82, 2.24) is 24.6 Å². The molecule has 3 N–H and O–H groups in total. The number of benzene rings is 1. The van der Waals surface area contributed by atoms with Gasteiger partial charge in [0.1, 0.15) is 17.9 Å². The second-order valence-electron chi connectivity index (χ2n) is 7.70. The zero-order valence-corrected chi connectivity index (χ0v) is 18.4. The molecule has 0 bridgehead atoms. The molecular weight excluding hydrogens is 418 g/mol. The van der Waals surface area contributed by atoms with Crippen LogP contribution in [0.4, 0.5) is 11.5 Å². The molecule has 1 aliphatic rings. The van der Waals surface area contributed by atoms with Crippen LogP contribution >= 0.6 is 11.6 Å². The Labute approximate surface area is 185 Å². The van der Waals surface area contributed by atoms with Crippen molar-refractivity contribution in [3.63, 3.8) is 0 Å². The molecule has 1 fully saturated rings. The Kier molecular flexibility index (Phi) is 5.71. The number of halogens is 1. The molecule has 0 saturated carbocycles. The number of nitrogen functional groups attached to an aromatic ring is 1. The van der Waals surface area contributed by atoms with E-state index < -0.39 is 0 Å². The number of β-amino-alcohol motifs (C(OH)–C–C–N with tert-alkyl or cyclic N) is 1. The number of aliphatic hydroxyl groups is 1. The third kappa shape index (κ3) is 3.47. The number of likely N-dealkylation sites (tertiary alicyclic amines) is 1. The minimum Gasteiger partial charge on any atom is -0.497 e. The van der Waals surface area contributed by atoms with Gasteiger partial charge in [0.15, 0.2) is 5.65 Å². The van der Waals surface area contributed by atoms with Crippen LogP contribution in [0.2, 0.25) is 5.02 Å². The molecule has 4 rings (SSSR count). The molecule has 0 spiro atoms. The lowest BCUT2D eigenvalue weighted by Gasteiger charge is -2.40. The monoisotopic (exact) mass is 441 g/mol. The van der Waals surface area contributed by atoms with Gasteiger partial charge in [0, 0.05) is 41.7 Å². The first-order chi connectivity index (χ1) is 14.9. The van der Waals surface area contributed by atoms with E-state index in [1.54, 1.807) is 17.9 Å². The minimum absolute atomic E-state index is 0.101. The van der Waals surface area contributed by atoms with Gasteiger partial charge in [-0.2, -0.15) is 5.10 Å². The predicted molar refractivity (Wildman–Crippen MR) is 119 cm³/mol. The van der Waals surface area contributed by atoms with Crippen LogP contribution in [0.5, 0.6) is 5.75 Å². The quantitative estimate of drug-likeness (QED) is 0.566. The second kappa shape index (κ2) is 8.30. The van der Waals surface area contributed by atoms with Gasteiger partial charge >= 0.3 is 0 Å². The molecule has 1 aliphatic heterocycles. The molecule has 3 aromatic rings. The number of aliphatic hydroxyl groups excluding tert-OH is 1. The van der Waals surface area contributed by atoms with Crippen molar-refractivity contribution in [2.24, 2.45) is 0 Å². The van der Waals surface area contributed by atoms with E-state index in [2.05, 4.69) is 24.8 Å². The third-order valence-corrected chi connectivity index (χ3v) is 6.17. The smallest absolute Gasteiger partial charge is 0.212 e. The number of aryl methyl sites for hydroxylation is 1. The lowest BCUT2D eigenvalue weighted by Crippen LogP contribution is -2.46. The number of fused-ring (bicyclic) bond motifs is 1. The van der Waals surface area contributed by atoms with Crippen molar-refractivity contribution in [3.8, 4) is 5.75 Å². The molecule has 2 aromatic heterocycles. The molecule has 1 aromatic carbocycles. The molecule has 0 aliphatic carbocycles. The zero-order valence-electron chi connectivity index (χ0n) is 17.6. The van der Waals surface area contributed by atoms with Gasteiger partial charge in [0.25, 0.3) is 0 Å². The minimum atomic E-state index is -0.273. The standard InChI is InChI=1S/C21H24ClN7O2/c1-11-16-20(23)25-10-26-21(16)29(27-11)12(2)14-7-15(22)18(24-3)17(19(14)31-4)13-8-28(9-13)5-6-30/h7,10,12-13,30H,5-6,8-9H2,1-2,4H3,(H2,23,25,26). The average Bonchev–Trinajstić information content (AvgIpc) is 3.07. The van der Waals surface area contributed by atoms with Crippen LogP contribution in [-0.2, 0) is 0 Å². The molecule has 1 atom stereocenters. The molecule has 3 heterocycles. The summed E-state index contributed by atoms with van der Waals surface area (Å²) in [6.07, 6.45) is 1.42. The lowest BCUT2D eigenvalue weighted by molar-refractivity contribution is 0.114. The van der Waals surface area contributed by atoms with E-state index in [9.17, 15) is 5.11 Å². The molecule has 31 heavy (non-hydrogen) atoms. The molecule has 10 heteroatoms. The maximum atomic E-state index is 9.19. The summed E-state index contributed by atoms with van der Waals surface area (Å²) in [7, 11) is 1.60. The normalized spacial score (nSPS) is 15.6. The molecule has 9 nitrogen and oxygen atoms in total. The summed E-state index contributed by atoms with van der Waals surface area (Å²) in [6, 6.07) is 1.50. The maximum absolute atomic E-state index is 9.19. The Hall–Kier alpha value is -2.93. The highest BCUT2D eigenvalue weighted by Crippen LogP contribution is 2.48. The maximum Gasteiger partial charge on any atom is 0.212 e. The van der Waals surface area contributed by atoms with Crippen LogP contribution in [0, 0.1) is 13.5 Å². The number of methoxy groups -OCH3 is 1. The third-order valence-electron chi connectivity index (χ3n) is 5.88. The highest BCUT2D eigenvalue weighted by Gasteiger charge is 2.35. The van der Waals surface area contributed by atoms with E-state index in [0.29, 0.717) is 34.5 Å². The molecule has 0 radical (unpaired) electrons. The summed E-state index contributed by atoms with van der Waals surface area (Å²) in [5.41, 5.74) is 9.45. The van der Waals surface area contributed by atoms with Crippen LogP contribution in [0.25, 0.3) is 15.9 Å². The van der Waals surface area contributed by atoms with Crippen molar-refractivity contribution in [3.05, 3.63) is 45.7 Å². The van der Waals surface area contributed by atoms with Crippen molar-refractivity contribution in [2.75, 3.05) is 39.1 Å². The summed E-state index contributed by atoms with van der Waals surface area (Å²) in [6.45, 7) is 13.7. The van der Waals surface area contributed by atoms with Gasteiger partial charge in [0.2, 0.25) is 5.69 Å². The first kappa shape index (κ1) is 21.3. The van der Waals surface area contributed by atoms with Crippen LogP contribution in [-0.4, -0.2) is 63.1 Å². The number of rotatable bonds is 6. The van der Waals surface area contributed by atoms with Crippen LogP contribution in [0.3, 0.4) is 0 Å². The van der Waals surface area contributed by atoms with Gasteiger partial charge in [0.05, 0.1) is 37.4 Å². The highest BCUT2D eigenvalue weighted by molar-refractivity contribution is 6.33. The van der Waals surface area contributed by atoms with Gasteiger partial charge < -0.3 is 15.6 Å². The Morgan fingerprint density at radius 3 is 2.81 bits per heavy atom. The molecule has 1 saturated heterocycles. The summed E-state index contributed by atoms with van der Waals surface area (Å²) in [5, 5.41) is 15.0. The van der Waals surface area contributed by atoms with Crippen LogP contribution in [0.1, 0.15) is 35.7 Å². The van der Waals surface area contributed by atoms with Gasteiger partial charge in [-0.25, -0.2) is 19.5 Å². The predicted octanol–water partition coefficient (Wildman–Crippen LogP) is 2.93. The van der Waals surface area contributed by atoms with E-state index >= 15 is 0 Å². The number of aromatic nitrogens is 4. The van der Waals surface area contributed by atoms with E-state index in [4.69, 9.17) is 28.6 Å². The van der Waals surface area contributed by atoms with Gasteiger partial charge in [-0.15, -0.1) is 0 Å². The average molecular weight is 442 g/mol. The van der Waals surface area contributed by atoms with Crippen molar-refractivity contribution < 1.29 is 9.84 Å². The van der Waals surface area contributed by atoms with Crippen molar-refractivity contribution in [2.45, 2.75) is 25.8 Å². The Morgan fingerprint density at radius 1 is 1.42 bits per heavy atom. The van der Waals surface area contributed by atoms with Crippen LogP contribution in [0.15, 0.2) is 12.4 Å². The van der Waals surface area contributed by atoms with E-state index in [1.165, 1.54) is 6.33 Å². The fourth-order valence-corrected chi connectivity index (χ4v) is 4.60. The lowest BCUT2D eigenvalue weighted by atomic mass is 9.87. The van der Waals surface area contributed by atoms with Gasteiger partial charge in [-0.1, -0.05) is 11.6 Å². The first-order valence-corrected chi connectivity index (χ1v) is 10.3. The summed E-state index contributed by atoms with van der Waals surface area (Å²) in [4.78, 5) is 14.3. The topological polar surface area (TPSA) is 107 Å².